The summed E-state index contributed by atoms with van der Waals surface area (Å²) >= 11 is 2.04. The Kier molecular flexibility index (Phi) is 3.63. The molecular formula is C10H19NS. The molecule has 0 aromatic carbocycles. The lowest BCUT2D eigenvalue weighted by Gasteiger charge is -2.10. The molecule has 1 heterocycles. The van der Waals surface area contributed by atoms with Gasteiger partial charge < -0.3 is 0 Å². The maximum Gasteiger partial charge on any atom is 0.0960 e. The Balaban J connectivity index is 2.43. The number of hydrogen-bond donors (Lipinski definition) is 0. The molecule has 0 radical (unpaired) electrons. The molecule has 0 N–H and O–H groups in total. The molecule has 1 aliphatic heterocycles. The van der Waals surface area contributed by atoms with Crippen molar-refractivity contribution in [2.45, 2.75) is 51.2 Å². The van der Waals surface area contributed by atoms with Crippen LogP contribution in [0.5, 0.6) is 0 Å². The van der Waals surface area contributed by atoms with Gasteiger partial charge in [0.2, 0.25) is 0 Å². The Morgan fingerprint density at radius 3 is 2.58 bits per heavy atom. The Hall–Kier alpha value is 0.0200. The average Bonchev–Trinajstić information content (AvgIpc) is 2.29. The zero-order chi connectivity index (χ0) is 9.14. The van der Waals surface area contributed by atoms with Crippen LogP contribution in [0.4, 0.5) is 0 Å². The normalized spacial score (nSPS) is 29.6. The van der Waals surface area contributed by atoms with Crippen LogP contribution in [0.15, 0.2) is 4.99 Å². The summed E-state index contributed by atoms with van der Waals surface area (Å²) < 4.78 is 0. The molecular weight excluding hydrogens is 166 g/mol. The fraction of sp³-hybridized carbons (Fsp3) is 0.900. The van der Waals surface area contributed by atoms with Gasteiger partial charge in [0.05, 0.1) is 5.37 Å². The van der Waals surface area contributed by atoms with Gasteiger partial charge in [0, 0.05) is 11.0 Å². The third kappa shape index (κ3) is 2.51. The minimum Gasteiger partial charge on any atom is -0.279 e. The lowest BCUT2D eigenvalue weighted by Crippen LogP contribution is -2.07. The van der Waals surface area contributed by atoms with Crippen molar-refractivity contribution in [3.8, 4) is 0 Å². The van der Waals surface area contributed by atoms with E-state index in [2.05, 4.69) is 32.7 Å². The van der Waals surface area contributed by atoms with Crippen molar-refractivity contribution in [2.75, 3.05) is 0 Å². The van der Waals surface area contributed by atoms with Crippen molar-refractivity contribution in [2.24, 2.45) is 10.9 Å². The van der Waals surface area contributed by atoms with Crippen molar-refractivity contribution in [3.63, 3.8) is 0 Å². The van der Waals surface area contributed by atoms with Crippen LogP contribution < -0.4 is 0 Å². The molecule has 0 amide bonds. The van der Waals surface area contributed by atoms with Gasteiger partial charge in [-0.2, -0.15) is 0 Å². The zero-order valence-corrected chi connectivity index (χ0v) is 9.32. The summed E-state index contributed by atoms with van der Waals surface area (Å²) in [6, 6.07) is 0. The van der Waals surface area contributed by atoms with Crippen LogP contribution in [0, 0.1) is 5.92 Å². The molecule has 2 atom stereocenters. The molecule has 0 bridgehead atoms. The van der Waals surface area contributed by atoms with Gasteiger partial charge in [0.25, 0.3) is 0 Å². The Labute approximate surface area is 80.0 Å². The van der Waals surface area contributed by atoms with Gasteiger partial charge in [-0.15, -0.1) is 11.8 Å². The molecule has 0 fully saturated rings. The monoisotopic (exact) mass is 185 g/mol. The second-order valence-electron chi connectivity index (χ2n) is 3.89. The summed E-state index contributed by atoms with van der Waals surface area (Å²) in [6.07, 6.45) is 2.47. The van der Waals surface area contributed by atoms with Gasteiger partial charge in [-0.05, 0) is 25.7 Å². The SMILES string of the molecule is CC[C@H]1S[C@H](CC(C)C)N=C1C. The third-order valence-electron chi connectivity index (χ3n) is 2.18. The summed E-state index contributed by atoms with van der Waals surface area (Å²) in [5, 5.41) is 1.25. The summed E-state index contributed by atoms with van der Waals surface area (Å²) in [5.41, 5.74) is 1.35. The number of thioether (sulfide) groups is 1. The van der Waals surface area contributed by atoms with Crippen LogP contribution >= 0.6 is 11.8 Å². The minimum absolute atomic E-state index is 0.551. The van der Waals surface area contributed by atoms with E-state index < -0.39 is 0 Å². The summed E-state index contributed by atoms with van der Waals surface area (Å²) in [6.45, 7) is 8.95. The summed E-state index contributed by atoms with van der Waals surface area (Å²) in [7, 11) is 0. The van der Waals surface area contributed by atoms with E-state index in [0.29, 0.717) is 10.6 Å². The van der Waals surface area contributed by atoms with Gasteiger partial charge in [-0.1, -0.05) is 20.8 Å². The first-order chi connectivity index (χ1) is 5.63. The first kappa shape index (κ1) is 10.1. The fourth-order valence-corrected chi connectivity index (χ4v) is 3.08. The molecule has 0 saturated heterocycles. The Morgan fingerprint density at radius 1 is 1.50 bits per heavy atom. The van der Waals surface area contributed by atoms with Crippen molar-refractivity contribution in [3.05, 3.63) is 0 Å². The van der Waals surface area contributed by atoms with Gasteiger partial charge >= 0.3 is 0 Å². The van der Waals surface area contributed by atoms with Crippen LogP contribution in [0.2, 0.25) is 0 Å². The van der Waals surface area contributed by atoms with Crippen molar-refractivity contribution < 1.29 is 0 Å². The van der Waals surface area contributed by atoms with E-state index in [4.69, 9.17) is 0 Å². The highest BCUT2D eigenvalue weighted by atomic mass is 32.2. The highest BCUT2D eigenvalue weighted by Gasteiger charge is 2.24. The lowest BCUT2D eigenvalue weighted by atomic mass is 10.1. The maximum atomic E-state index is 4.66. The van der Waals surface area contributed by atoms with Gasteiger partial charge in [0.1, 0.15) is 0 Å². The van der Waals surface area contributed by atoms with Crippen LogP contribution in [0.1, 0.15) is 40.5 Å². The molecule has 0 unspecified atom stereocenters. The predicted octanol–water partition coefficient (Wildman–Crippen LogP) is 3.34. The molecule has 0 spiro atoms. The quantitative estimate of drug-likeness (QED) is 0.657. The molecule has 1 aliphatic rings. The topological polar surface area (TPSA) is 12.4 Å². The van der Waals surface area contributed by atoms with Crippen molar-refractivity contribution in [1.29, 1.82) is 0 Å². The van der Waals surface area contributed by atoms with E-state index in [0.717, 1.165) is 5.92 Å². The fourth-order valence-electron chi connectivity index (χ4n) is 1.53. The number of hydrogen-bond acceptors (Lipinski definition) is 2. The van der Waals surface area contributed by atoms with E-state index in [-0.39, 0.29) is 0 Å². The standard InChI is InChI=1S/C10H19NS/c1-5-9-8(4)11-10(12-9)6-7(2)3/h7,9-10H,5-6H2,1-4H3/t9-,10-/m1/s1. The molecule has 0 aromatic rings. The zero-order valence-electron chi connectivity index (χ0n) is 8.50. The molecule has 0 aromatic heterocycles. The van der Waals surface area contributed by atoms with E-state index >= 15 is 0 Å². The summed E-state index contributed by atoms with van der Waals surface area (Å²) in [5.74, 6) is 0.773. The van der Waals surface area contributed by atoms with Crippen molar-refractivity contribution >= 4 is 17.5 Å². The Bertz CT molecular complexity index is 175. The maximum absolute atomic E-state index is 4.66. The number of rotatable bonds is 3. The molecule has 2 heteroatoms. The van der Waals surface area contributed by atoms with Crippen LogP contribution in [0.25, 0.3) is 0 Å². The molecule has 0 saturated carbocycles. The van der Waals surface area contributed by atoms with Crippen LogP contribution in [-0.4, -0.2) is 16.3 Å². The van der Waals surface area contributed by atoms with E-state index in [1.54, 1.807) is 0 Å². The number of aliphatic imine (C=N–C) groups is 1. The molecule has 0 aliphatic carbocycles. The third-order valence-corrected chi connectivity index (χ3v) is 3.79. The highest BCUT2D eigenvalue weighted by Crippen LogP contribution is 2.33. The Morgan fingerprint density at radius 2 is 2.17 bits per heavy atom. The highest BCUT2D eigenvalue weighted by molar-refractivity contribution is 8.01. The van der Waals surface area contributed by atoms with Crippen LogP contribution in [0.3, 0.4) is 0 Å². The second-order valence-corrected chi connectivity index (χ2v) is 5.27. The van der Waals surface area contributed by atoms with E-state index in [1.807, 2.05) is 11.8 Å². The van der Waals surface area contributed by atoms with E-state index in [9.17, 15) is 0 Å². The van der Waals surface area contributed by atoms with Gasteiger partial charge in [-0.25, -0.2) is 0 Å². The van der Waals surface area contributed by atoms with Crippen LogP contribution in [-0.2, 0) is 0 Å². The molecule has 70 valence electrons. The van der Waals surface area contributed by atoms with E-state index in [1.165, 1.54) is 18.6 Å². The molecule has 1 rings (SSSR count). The predicted molar refractivity (Wildman–Crippen MR) is 58.0 cm³/mol. The van der Waals surface area contributed by atoms with Gasteiger partial charge in [-0.3, -0.25) is 4.99 Å². The smallest absolute Gasteiger partial charge is 0.0960 e. The molecule has 12 heavy (non-hydrogen) atoms. The summed E-state index contributed by atoms with van der Waals surface area (Å²) in [4.78, 5) is 4.66. The first-order valence-corrected chi connectivity index (χ1v) is 5.77. The number of nitrogens with zero attached hydrogens (tertiary/aromatic N) is 1. The lowest BCUT2D eigenvalue weighted by molar-refractivity contribution is 0.579. The average molecular weight is 185 g/mol. The first-order valence-electron chi connectivity index (χ1n) is 4.83. The van der Waals surface area contributed by atoms with Crippen molar-refractivity contribution in [1.82, 2.24) is 0 Å². The molecule has 1 nitrogen and oxygen atoms in total. The van der Waals surface area contributed by atoms with Gasteiger partial charge in [0.15, 0.2) is 0 Å². The minimum atomic E-state index is 0.551. The second kappa shape index (κ2) is 4.31. The largest absolute Gasteiger partial charge is 0.279 e.